The first kappa shape index (κ1) is 29.3. The fourth-order valence-corrected chi connectivity index (χ4v) is 4.96. The van der Waals surface area contributed by atoms with Crippen molar-refractivity contribution in [3.63, 3.8) is 0 Å². The van der Waals surface area contributed by atoms with E-state index in [0.29, 0.717) is 37.4 Å². The average molecular weight is 550 g/mol. The van der Waals surface area contributed by atoms with Crippen LogP contribution in [0.1, 0.15) is 75.6 Å². The van der Waals surface area contributed by atoms with Crippen LogP contribution in [0.25, 0.3) is 0 Å². The van der Waals surface area contributed by atoms with Gasteiger partial charge in [-0.1, -0.05) is 55.3 Å². The van der Waals surface area contributed by atoms with Crippen LogP contribution in [0.2, 0.25) is 0 Å². The molecule has 0 unspecified atom stereocenters. The summed E-state index contributed by atoms with van der Waals surface area (Å²) < 4.78 is 19.4. The highest BCUT2D eigenvalue weighted by Gasteiger charge is 2.31. The number of carbonyl (C=O) groups is 1. The Bertz CT molecular complexity index is 1390. The second-order valence-corrected chi connectivity index (χ2v) is 10.7. The highest BCUT2D eigenvalue weighted by Crippen LogP contribution is 2.31. The van der Waals surface area contributed by atoms with E-state index < -0.39 is 17.3 Å². The van der Waals surface area contributed by atoms with Crippen LogP contribution in [0.4, 0.5) is 0 Å². The Morgan fingerprint density at radius 1 is 1.02 bits per heavy atom. The summed E-state index contributed by atoms with van der Waals surface area (Å²) in [6.07, 6.45) is 5.21. The monoisotopic (exact) mass is 549 g/mol. The lowest BCUT2D eigenvalue weighted by atomic mass is 10.1. The maximum Gasteiger partial charge on any atom is 0.349 e. The van der Waals surface area contributed by atoms with Crippen molar-refractivity contribution in [2.45, 2.75) is 90.7 Å². The van der Waals surface area contributed by atoms with Gasteiger partial charge in [-0.05, 0) is 69.7 Å². The molecule has 2 aromatic carbocycles. The molecule has 1 aliphatic rings. The van der Waals surface area contributed by atoms with Gasteiger partial charge in [0.05, 0.1) is 13.2 Å². The van der Waals surface area contributed by atoms with Gasteiger partial charge in [0, 0.05) is 12.5 Å². The molecule has 9 heteroatoms. The molecule has 0 radical (unpaired) electrons. The second kappa shape index (κ2) is 13.6. The van der Waals surface area contributed by atoms with E-state index in [2.05, 4.69) is 5.10 Å². The van der Waals surface area contributed by atoms with Crippen molar-refractivity contribution in [2.24, 2.45) is 0 Å². The van der Waals surface area contributed by atoms with Gasteiger partial charge in [0.1, 0.15) is 18.2 Å². The number of carbonyl (C=O) groups excluding carboxylic acids is 1. The maximum absolute atomic E-state index is 13.3. The molecule has 4 rings (SSSR count). The molecule has 3 aromatic rings. The fourth-order valence-electron chi connectivity index (χ4n) is 4.96. The van der Waals surface area contributed by atoms with Gasteiger partial charge in [0.25, 0.3) is 5.56 Å². The summed E-state index contributed by atoms with van der Waals surface area (Å²) in [5.74, 6) is 0.210. The Hall–Kier alpha value is -3.72. The van der Waals surface area contributed by atoms with Crippen molar-refractivity contribution in [1.82, 2.24) is 14.3 Å². The van der Waals surface area contributed by atoms with Gasteiger partial charge in [-0.2, -0.15) is 5.10 Å². The topological polar surface area (TPSA) is 102 Å². The van der Waals surface area contributed by atoms with Crippen LogP contribution < -0.4 is 16.0 Å². The van der Waals surface area contributed by atoms with E-state index in [-0.39, 0.29) is 24.8 Å². The summed E-state index contributed by atoms with van der Waals surface area (Å²) in [5, 5.41) is 4.55. The molecule has 0 bridgehead atoms. The number of aromatic nitrogens is 3. The minimum Gasteiger partial charge on any atom is -0.476 e. The van der Waals surface area contributed by atoms with Gasteiger partial charge in [-0.25, -0.2) is 18.8 Å². The van der Waals surface area contributed by atoms with Crippen LogP contribution in [0.3, 0.4) is 0 Å². The Morgan fingerprint density at radius 2 is 1.75 bits per heavy atom. The van der Waals surface area contributed by atoms with Crippen LogP contribution in [0, 0.1) is 0 Å². The van der Waals surface area contributed by atoms with Crippen LogP contribution in [-0.4, -0.2) is 32.5 Å². The molecule has 9 nitrogen and oxygen atoms in total. The smallest absolute Gasteiger partial charge is 0.349 e. The first-order chi connectivity index (χ1) is 19.3. The van der Waals surface area contributed by atoms with Crippen molar-refractivity contribution < 1.29 is 19.0 Å². The Labute approximate surface area is 234 Å². The van der Waals surface area contributed by atoms with Gasteiger partial charge in [-0.15, -0.1) is 0 Å². The Morgan fingerprint density at radius 3 is 2.48 bits per heavy atom. The third-order valence-electron chi connectivity index (χ3n) is 7.09. The lowest BCUT2D eigenvalue weighted by molar-refractivity contribution is -0.158. The molecule has 0 amide bonds. The number of esters is 1. The molecule has 0 N–H and O–H groups in total. The van der Waals surface area contributed by atoms with E-state index in [1.807, 2.05) is 48.5 Å². The first-order valence-corrected chi connectivity index (χ1v) is 14.1. The summed E-state index contributed by atoms with van der Waals surface area (Å²) in [5.41, 5.74) is 0.498. The fraction of sp³-hybridized carbons (Fsp3) is 0.484. The summed E-state index contributed by atoms with van der Waals surface area (Å²) in [6.45, 7) is 5.94. The van der Waals surface area contributed by atoms with Crippen LogP contribution in [0.5, 0.6) is 5.75 Å². The van der Waals surface area contributed by atoms with Crippen molar-refractivity contribution in [3.05, 3.63) is 92.3 Å². The van der Waals surface area contributed by atoms with Crippen molar-refractivity contribution in [1.29, 1.82) is 0 Å². The van der Waals surface area contributed by atoms with Gasteiger partial charge in [0.2, 0.25) is 0 Å². The zero-order valence-electron chi connectivity index (χ0n) is 23.6. The average Bonchev–Trinajstić information content (AvgIpc) is 3.47. The molecule has 1 aliphatic carbocycles. The van der Waals surface area contributed by atoms with Crippen molar-refractivity contribution in [3.8, 4) is 5.75 Å². The molecule has 0 saturated heterocycles. The SMILES string of the molecule is CCOC(=O)C(C)(C)Oc1cccc(CCCn2nc(C3CCCC3)c(=O)n(COCc3ccccc3)c2=O)c1. The first-order valence-electron chi connectivity index (χ1n) is 14.1. The highest BCUT2D eigenvalue weighted by atomic mass is 16.6. The zero-order valence-corrected chi connectivity index (χ0v) is 23.6. The van der Waals surface area contributed by atoms with Gasteiger partial charge < -0.3 is 14.2 Å². The van der Waals surface area contributed by atoms with E-state index in [1.165, 1.54) is 9.25 Å². The third kappa shape index (κ3) is 7.47. The Kier molecular flexibility index (Phi) is 9.93. The van der Waals surface area contributed by atoms with Crippen LogP contribution >= 0.6 is 0 Å². The molecule has 0 aliphatic heterocycles. The van der Waals surface area contributed by atoms with Crippen LogP contribution in [-0.2, 0) is 40.6 Å². The number of aryl methyl sites for hydroxylation is 2. The zero-order chi connectivity index (χ0) is 28.5. The molecule has 1 aromatic heterocycles. The standard InChI is InChI=1S/C31H39N3O6/c1-4-39-29(36)31(2,3)40-26-18-10-14-23(20-26)15-11-19-34-30(37)33(22-38-21-24-12-6-5-7-13-24)28(35)27(32-34)25-16-8-9-17-25/h5-7,10,12-14,18,20,25H,4,8-9,11,15-17,19,21-22H2,1-3H3. The Balaban J connectivity index is 1.46. The van der Waals surface area contributed by atoms with Gasteiger partial charge in [0.15, 0.2) is 5.60 Å². The quantitative estimate of drug-likeness (QED) is 0.287. The van der Waals surface area contributed by atoms with Crippen molar-refractivity contribution in [2.75, 3.05) is 6.61 Å². The molecule has 0 spiro atoms. The van der Waals surface area contributed by atoms with E-state index in [4.69, 9.17) is 14.2 Å². The lowest BCUT2D eigenvalue weighted by Crippen LogP contribution is -2.44. The second-order valence-electron chi connectivity index (χ2n) is 10.7. The predicted molar refractivity (Wildman–Crippen MR) is 151 cm³/mol. The number of hydrogen-bond acceptors (Lipinski definition) is 7. The van der Waals surface area contributed by atoms with Crippen molar-refractivity contribution >= 4 is 5.97 Å². The third-order valence-corrected chi connectivity index (χ3v) is 7.09. The highest BCUT2D eigenvalue weighted by molar-refractivity contribution is 5.79. The predicted octanol–water partition coefficient (Wildman–Crippen LogP) is 4.59. The largest absolute Gasteiger partial charge is 0.476 e. The summed E-state index contributed by atoms with van der Waals surface area (Å²) in [4.78, 5) is 38.8. The molecular formula is C31H39N3O6. The van der Waals surface area contributed by atoms with Crippen LogP contribution in [0.15, 0.2) is 64.2 Å². The van der Waals surface area contributed by atoms with E-state index in [1.54, 1.807) is 26.8 Å². The number of nitrogens with zero attached hydrogens (tertiary/aromatic N) is 3. The van der Waals surface area contributed by atoms with E-state index in [0.717, 1.165) is 36.8 Å². The molecule has 1 heterocycles. The summed E-state index contributed by atoms with van der Waals surface area (Å²) in [6, 6.07) is 17.2. The molecule has 1 fully saturated rings. The van der Waals surface area contributed by atoms with E-state index in [9.17, 15) is 14.4 Å². The number of rotatable bonds is 13. The normalized spacial score (nSPS) is 13.9. The summed E-state index contributed by atoms with van der Waals surface area (Å²) in [7, 11) is 0. The maximum atomic E-state index is 13.3. The number of benzene rings is 2. The molecule has 0 atom stereocenters. The minimum atomic E-state index is -1.11. The van der Waals surface area contributed by atoms with Gasteiger partial charge >= 0.3 is 11.7 Å². The molecule has 40 heavy (non-hydrogen) atoms. The molecule has 1 saturated carbocycles. The number of ether oxygens (including phenoxy) is 3. The lowest BCUT2D eigenvalue weighted by Gasteiger charge is -2.24. The number of hydrogen-bond donors (Lipinski definition) is 0. The minimum absolute atomic E-state index is 0.0660. The van der Waals surface area contributed by atoms with E-state index >= 15 is 0 Å². The van der Waals surface area contributed by atoms with Gasteiger partial charge in [-0.3, -0.25) is 4.79 Å². The molecular weight excluding hydrogens is 510 g/mol. The molecule has 214 valence electrons. The summed E-state index contributed by atoms with van der Waals surface area (Å²) >= 11 is 0.